The molecular formula is C13H12FN3O2. The first-order valence-corrected chi connectivity index (χ1v) is 5.73. The minimum Gasteiger partial charge on any atom is -0.384 e. The van der Waals surface area contributed by atoms with E-state index in [1.807, 2.05) is 12.1 Å². The summed E-state index contributed by atoms with van der Waals surface area (Å²) in [6, 6.07) is 7.21. The highest BCUT2D eigenvalue weighted by Gasteiger charge is 2.09. The Morgan fingerprint density at radius 3 is 2.89 bits per heavy atom. The van der Waals surface area contributed by atoms with Crippen molar-refractivity contribution in [1.82, 2.24) is 4.98 Å². The number of nitro benzene ring substituents is 1. The summed E-state index contributed by atoms with van der Waals surface area (Å²) in [6.07, 6.45) is 4.14. The average Bonchev–Trinajstić information content (AvgIpc) is 2.39. The summed E-state index contributed by atoms with van der Waals surface area (Å²) < 4.78 is 13.2. The standard InChI is InChI=1S/C13H12FN3O2/c14-11-6-12(8-13(7-11)17(18)19)16-5-3-10-2-1-4-15-9-10/h1-2,4,6-9,16H,3,5H2. The molecule has 1 aromatic carbocycles. The van der Waals surface area contributed by atoms with Crippen molar-refractivity contribution in [2.45, 2.75) is 6.42 Å². The molecule has 2 aromatic rings. The minimum absolute atomic E-state index is 0.260. The Bertz CT molecular complexity index is 575. The van der Waals surface area contributed by atoms with Crippen LogP contribution in [0.15, 0.2) is 42.7 Å². The van der Waals surface area contributed by atoms with Crippen LogP contribution in [-0.4, -0.2) is 16.5 Å². The molecule has 0 fully saturated rings. The molecule has 5 nitrogen and oxygen atoms in total. The Labute approximate surface area is 109 Å². The van der Waals surface area contributed by atoms with E-state index in [4.69, 9.17) is 0 Å². The topological polar surface area (TPSA) is 68.1 Å². The zero-order valence-electron chi connectivity index (χ0n) is 10.0. The number of nitrogens with one attached hydrogen (secondary N) is 1. The number of halogens is 1. The number of nitrogens with zero attached hydrogens (tertiary/aromatic N) is 2. The fraction of sp³-hybridized carbons (Fsp3) is 0.154. The Kier molecular flexibility index (Phi) is 4.02. The third-order valence-electron chi connectivity index (χ3n) is 2.56. The minimum atomic E-state index is -0.627. The first-order valence-electron chi connectivity index (χ1n) is 5.73. The Morgan fingerprint density at radius 1 is 1.37 bits per heavy atom. The molecule has 1 aromatic heterocycles. The van der Waals surface area contributed by atoms with E-state index in [1.165, 1.54) is 12.1 Å². The maximum Gasteiger partial charge on any atom is 0.274 e. The predicted octanol–water partition coefficient (Wildman–Crippen LogP) is 2.78. The van der Waals surface area contributed by atoms with E-state index in [2.05, 4.69) is 10.3 Å². The van der Waals surface area contributed by atoms with Gasteiger partial charge in [-0.05, 0) is 24.1 Å². The molecule has 2 rings (SSSR count). The zero-order valence-corrected chi connectivity index (χ0v) is 10.0. The number of hydrogen-bond acceptors (Lipinski definition) is 4. The molecule has 1 N–H and O–H groups in total. The van der Waals surface area contributed by atoms with Gasteiger partial charge in [0.2, 0.25) is 0 Å². The van der Waals surface area contributed by atoms with Crippen molar-refractivity contribution < 1.29 is 9.31 Å². The lowest BCUT2D eigenvalue weighted by Gasteiger charge is -2.06. The van der Waals surface area contributed by atoms with Gasteiger partial charge >= 0.3 is 0 Å². The number of benzene rings is 1. The Hall–Kier alpha value is -2.50. The molecule has 6 heteroatoms. The van der Waals surface area contributed by atoms with E-state index in [9.17, 15) is 14.5 Å². The fourth-order valence-electron chi connectivity index (χ4n) is 1.68. The summed E-state index contributed by atoms with van der Waals surface area (Å²) in [4.78, 5) is 14.0. The van der Waals surface area contributed by atoms with Gasteiger partial charge in [0.25, 0.3) is 5.69 Å². The molecule has 0 bridgehead atoms. The molecule has 0 amide bonds. The van der Waals surface area contributed by atoms with Crippen LogP contribution < -0.4 is 5.32 Å². The quantitative estimate of drug-likeness (QED) is 0.663. The van der Waals surface area contributed by atoms with Crippen molar-refractivity contribution in [2.24, 2.45) is 0 Å². The lowest BCUT2D eigenvalue weighted by Crippen LogP contribution is -2.05. The fourth-order valence-corrected chi connectivity index (χ4v) is 1.68. The summed E-state index contributed by atoms with van der Waals surface area (Å²) in [6.45, 7) is 0.548. The molecule has 0 aliphatic rings. The van der Waals surface area contributed by atoms with Gasteiger partial charge < -0.3 is 5.32 Å². The third-order valence-corrected chi connectivity index (χ3v) is 2.56. The molecule has 98 valence electrons. The monoisotopic (exact) mass is 261 g/mol. The van der Waals surface area contributed by atoms with Gasteiger partial charge in [0.05, 0.1) is 11.0 Å². The van der Waals surface area contributed by atoms with E-state index in [-0.39, 0.29) is 5.69 Å². The number of nitro groups is 1. The van der Waals surface area contributed by atoms with Crippen LogP contribution in [0, 0.1) is 15.9 Å². The highest BCUT2D eigenvalue weighted by Crippen LogP contribution is 2.19. The van der Waals surface area contributed by atoms with Crippen LogP contribution in [0.2, 0.25) is 0 Å². The van der Waals surface area contributed by atoms with Gasteiger partial charge in [-0.25, -0.2) is 4.39 Å². The number of non-ortho nitro benzene ring substituents is 1. The number of aromatic nitrogens is 1. The molecule has 19 heavy (non-hydrogen) atoms. The van der Waals surface area contributed by atoms with Crippen molar-refractivity contribution in [1.29, 1.82) is 0 Å². The Balaban J connectivity index is 1.98. The zero-order chi connectivity index (χ0) is 13.7. The molecule has 1 heterocycles. The maximum absolute atomic E-state index is 13.2. The lowest BCUT2D eigenvalue weighted by molar-refractivity contribution is -0.385. The average molecular weight is 261 g/mol. The van der Waals surface area contributed by atoms with E-state index in [1.54, 1.807) is 12.4 Å². The van der Waals surface area contributed by atoms with Gasteiger partial charge in [0.15, 0.2) is 0 Å². The maximum atomic E-state index is 13.2. The number of rotatable bonds is 5. The first kappa shape index (κ1) is 12.9. The van der Waals surface area contributed by atoms with Crippen LogP contribution in [0.4, 0.5) is 15.8 Å². The van der Waals surface area contributed by atoms with Gasteiger partial charge in [-0.1, -0.05) is 6.07 Å². The van der Waals surface area contributed by atoms with Crippen LogP contribution >= 0.6 is 0 Å². The van der Waals surface area contributed by atoms with Gasteiger partial charge in [-0.2, -0.15) is 0 Å². The van der Waals surface area contributed by atoms with Gasteiger partial charge in [-0.15, -0.1) is 0 Å². The van der Waals surface area contributed by atoms with Crippen LogP contribution in [-0.2, 0) is 6.42 Å². The van der Waals surface area contributed by atoms with Crippen molar-refractivity contribution in [3.8, 4) is 0 Å². The van der Waals surface area contributed by atoms with Crippen molar-refractivity contribution in [3.63, 3.8) is 0 Å². The summed E-state index contributed by atoms with van der Waals surface area (Å²) in [7, 11) is 0. The van der Waals surface area contributed by atoms with Crippen molar-refractivity contribution in [3.05, 3.63) is 64.2 Å². The number of pyridine rings is 1. The van der Waals surface area contributed by atoms with Gasteiger partial charge in [-0.3, -0.25) is 15.1 Å². The molecule has 0 saturated heterocycles. The molecule has 0 spiro atoms. The van der Waals surface area contributed by atoms with E-state index < -0.39 is 10.7 Å². The van der Waals surface area contributed by atoms with Crippen molar-refractivity contribution in [2.75, 3.05) is 11.9 Å². The second kappa shape index (κ2) is 5.90. The molecule has 0 aliphatic carbocycles. The Morgan fingerprint density at radius 2 is 2.21 bits per heavy atom. The van der Waals surface area contributed by atoms with Crippen LogP contribution in [0.25, 0.3) is 0 Å². The lowest BCUT2D eigenvalue weighted by atomic mass is 10.2. The SMILES string of the molecule is O=[N+]([O-])c1cc(F)cc(NCCc2cccnc2)c1. The third kappa shape index (κ3) is 3.74. The van der Waals surface area contributed by atoms with Crippen molar-refractivity contribution >= 4 is 11.4 Å². The highest BCUT2D eigenvalue weighted by atomic mass is 19.1. The first-order chi connectivity index (χ1) is 9.15. The van der Waals surface area contributed by atoms with Crippen LogP contribution in [0.1, 0.15) is 5.56 Å². The van der Waals surface area contributed by atoms with E-state index in [0.29, 0.717) is 18.7 Å². The number of anilines is 1. The van der Waals surface area contributed by atoms with Gasteiger partial charge in [0.1, 0.15) is 5.82 Å². The largest absolute Gasteiger partial charge is 0.384 e. The molecule has 0 saturated carbocycles. The van der Waals surface area contributed by atoms with E-state index >= 15 is 0 Å². The second-order valence-electron chi connectivity index (χ2n) is 3.99. The molecule has 0 atom stereocenters. The second-order valence-corrected chi connectivity index (χ2v) is 3.99. The summed E-state index contributed by atoms with van der Waals surface area (Å²) in [5.74, 6) is -0.627. The summed E-state index contributed by atoms with van der Waals surface area (Å²) in [5.41, 5.74) is 1.18. The number of hydrogen-bond donors (Lipinski definition) is 1. The molecule has 0 unspecified atom stereocenters. The summed E-state index contributed by atoms with van der Waals surface area (Å²) >= 11 is 0. The highest BCUT2D eigenvalue weighted by molar-refractivity contribution is 5.51. The smallest absolute Gasteiger partial charge is 0.274 e. The predicted molar refractivity (Wildman–Crippen MR) is 69.5 cm³/mol. The van der Waals surface area contributed by atoms with Crippen LogP contribution in [0.5, 0.6) is 0 Å². The molecule has 0 aliphatic heterocycles. The van der Waals surface area contributed by atoms with Gasteiger partial charge in [0, 0.05) is 30.7 Å². The normalized spacial score (nSPS) is 10.2. The van der Waals surface area contributed by atoms with Crippen LogP contribution in [0.3, 0.4) is 0 Å². The van der Waals surface area contributed by atoms with E-state index in [0.717, 1.165) is 11.6 Å². The summed E-state index contributed by atoms with van der Waals surface area (Å²) in [5, 5.41) is 13.6. The molecular weight excluding hydrogens is 249 g/mol. The molecule has 0 radical (unpaired) electrons.